The molecular formula is C13H15BrO4. The van der Waals surface area contributed by atoms with Gasteiger partial charge in [0.25, 0.3) is 0 Å². The third-order valence-electron chi connectivity index (χ3n) is 3.34. The van der Waals surface area contributed by atoms with E-state index in [4.69, 9.17) is 14.6 Å². The van der Waals surface area contributed by atoms with Gasteiger partial charge < -0.3 is 14.6 Å². The average molecular weight is 315 g/mol. The molecule has 1 aromatic carbocycles. The van der Waals surface area contributed by atoms with Crippen LogP contribution in [0.1, 0.15) is 18.4 Å². The molecular weight excluding hydrogens is 300 g/mol. The lowest BCUT2D eigenvalue weighted by Crippen LogP contribution is -2.47. The third-order valence-corrected chi connectivity index (χ3v) is 3.96. The van der Waals surface area contributed by atoms with E-state index in [0.717, 1.165) is 15.8 Å². The molecule has 1 fully saturated rings. The summed E-state index contributed by atoms with van der Waals surface area (Å²) in [6, 6.07) is 5.86. The highest BCUT2D eigenvalue weighted by Gasteiger charge is 2.40. The number of hydrogen-bond acceptors (Lipinski definition) is 3. The van der Waals surface area contributed by atoms with E-state index < -0.39 is 5.97 Å². The number of carbonyl (C=O) groups is 1. The lowest BCUT2D eigenvalue weighted by molar-refractivity contribution is -0.139. The summed E-state index contributed by atoms with van der Waals surface area (Å²) >= 11 is 3.45. The molecule has 18 heavy (non-hydrogen) atoms. The summed E-state index contributed by atoms with van der Waals surface area (Å²) in [5.74, 6) is 0.00114. The highest BCUT2D eigenvalue weighted by atomic mass is 79.9. The maximum absolute atomic E-state index is 10.7. The normalized spacial score (nSPS) is 17.0. The standard InChI is InChI=1S/C13H15BrO4/c1-17-11-3-2-9(6-10(11)14)13(7-18-8-13)5-4-12(15)16/h2-3,6H,4-5,7-8H2,1H3,(H,15,16). The summed E-state index contributed by atoms with van der Waals surface area (Å²) in [5.41, 5.74) is 0.940. The number of methoxy groups -OCH3 is 1. The lowest BCUT2D eigenvalue weighted by Gasteiger charge is -2.42. The van der Waals surface area contributed by atoms with Crippen molar-refractivity contribution in [1.82, 2.24) is 0 Å². The first-order valence-electron chi connectivity index (χ1n) is 5.71. The Bertz CT molecular complexity index is 454. The minimum absolute atomic E-state index is 0.160. The summed E-state index contributed by atoms with van der Waals surface area (Å²) in [5, 5.41) is 8.81. The highest BCUT2D eigenvalue weighted by molar-refractivity contribution is 9.10. The molecule has 0 spiro atoms. The number of ether oxygens (including phenoxy) is 2. The second kappa shape index (κ2) is 5.28. The second-order valence-corrected chi connectivity index (χ2v) is 5.37. The number of benzene rings is 1. The quantitative estimate of drug-likeness (QED) is 0.907. The van der Waals surface area contributed by atoms with Crippen molar-refractivity contribution < 1.29 is 19.4 Å². The van der Waals surface area contributed by atoms with Gasteiger partial charge >= 0.3 is 5.97 Å². The van der Waals surface area contributed by atoms with E-state index in [1.165, 1.54) is 0 Å². The molecule has 0 aromatic heterocycles. The van der Waals surface area contributed by atoms with Gasteiger partial charge in [0.1, 0.15) is 5.75 Å². The van der Waals surface area contributed by atoms with Gasteiger partial charge in [-0.3, -0.25) is 4.79 Å². The van der Waals surface area contributed by atoms with Gasteiger partial charge in [0.05, 0.1) is 24.8 Å². The van der Waals surface area contributed by atoms with Crippen molar-refractivity contribution >= 4 is 21.9 Å². The van der Waals surface area contributed by atoms with Crippen LogP contribution < -0.4 is 4.74 Å². The molecule has 98 valence electrons. The average Bonchev–Trinajstić information content (AvgIpc) is 2.27. The monoisotopic (exact) mass is 314 g/mol. The molecule has 1 N–H and O–H groups in total. The highest BCUT2D eigenvalue weighted by Crippen LogP contribution is 2.39. The van der Waals surface area contributed by atoms with Crippen LogP contribution in [0.25, 0.3) is 0 Å². The first-order valence-corrected chi connectivity index (χ1v) is 6.50. The van der Waals surface area contributed by atoms with Crippen LogP contribution in [0.15, 0.2) is 22.7 Å². The Labute approximate surface area is 114 Å². The van der Waals surface area contributed by atoms with E-state index in [1.807, 2.05) is 18.2 Å². The summed E-state index contributed by atoms with van der Waals surface area (Å²) < 4.78 is 11.4. The summed E-state index contributed by atoms with van der Waals surface area (Å²) in [6.45, 7) is 1.16. The smallest absolute Gasteiger partial charge is 0.303 e. The Kier molecular flexibility index (Phi) is 3.92. The van der Waals surface area contributed by atoms with Crippen molar-refractivity contribution in [1.29, 1.82) is 0 Å². The van der Waals surface area contributed by atoms with Crippen molar-refractivity contribution in [3.63, 3.8) is 0 Å². The molecule has 0 amide bonds. The van der Waals surface area contributed by atoms with Crippen LogP contribution in [0, 0.1) is 0 Å². The predicted octanol–water partition coefficient (Wildman–Crippen LogP) is 2.59. The second-order valence-electron chi connectivity index (χ2n) is 4.52. The zero-order chi connectivity index (χ0) is 13.2. The van der Waals surface area contributed by atoms with E-state index >= 15 is 0 Å². The van der Waals surface area contributed by atoms with Crippen molar-refractivity contribution in [3.05, 3.63) is 28.2 Å². The molecule has 1 heterocycles. The molecule has 2 rings (SSSR count). The summed E-state index contributed by atoms with van der Waals surface area (Å²) in [7, 11) is 1.62. The van der Waals surface area contributed by atoms with E-state index in [2.05, 4.69) is 15.9 Å². The maximum atomic E-state index is 10.7. The molecule has 4 nitrogen and oxygen atoms in total. The molecule has 0 unspecified atom stereocenters. The predicted molar refractivity (Wildman–Crippen MR) is 70.1 cm³/mol. The number of aliphatic carboxylic acids is 1. The zero-order valence-electron chi connectivity index (χ0n) is 10.1. The number of halogens is 1. The Balaban J connectivity index is 2.22. The first kappa shape index (κ1) is 13.4. The largest absolute Gasteiger partial charge is 0.496 e. The van der Waals surface area contributed by atoms with Crippen LogP contribution >= 0.6 is 15.9 Å². The molecule has 1 aliphatic rings. The molecule has 0 atom stereocenters. The Hall–Kier alpha value is -1.07. The van der Waals surface area contributed by atoms with E-state index in [-0.39, 0.29) is 11.8 Å². The number of carboxylic acids is 1. The van der Waals surface area contributed by atoms with Crippen molar-refractivity contribution in [2.45, 2.75) is 18.3 Å². The van der Waals surface area contributed by atoms with Crippen LogP contribution in [0.2, 0.25) is 0 Å². The minimum Gasteiger partial charge on any atom is -0.496 e. The van der Waals surface area contributed by atoms with Crippen LogP contribution in [0.4, 0.5) is 0 Å². The van der Waals surface area contributed by atoms with Crippen LogP contribution in [0.5, 0.6) is 5.75 Å². The summed E-state index contributed by atoms with van der Waals surface area (Å²) in [6.07, 6.45) is 0.758. The van der Waals surface area contributed by atoms with Crippen molar-refractivity contribution in [2.75, 3.05) is 20.3 Å². The Morgan fingerprint density at radius 2 is 2.28 bits per heavy atom. The van der Waals surface area contributed by atoms with Gasteiger partial charge in [0.2, 0.25) is 0 Å². The first-order chi connectivity index (χ1) is 8.57. The fourth-order valence-electron chi connectivity index (χ4n) is 2.15. The number of rotatable bonds is 5. The van der Waals surface area contributed by atoms with E-state index in [9.17, 15) is 4.79 Å². The summed E-state index contributed by atoms with van der Waals surface area (Å²) in [4.78, 5) is 10.7. The van der Waals surface area contributed by atoms with Crippen LogP contribution in [0.3, 0.4) is 0 Å². The van der Waals surface area contributed by atoms with Crippen LogP contribution in [-0.4, -0.2) is 31.4 Å². The zero-order valence-corrected chi connectivity index (χ0v) is 11.7. The van der Waals surface area contributed by atoms with Gasteiger partial charge in [0.15, 0.2) is 0 Å². The fourth-order valence-corrected chi connectivity index (χ4v) is 2.69. The SMILES string of the molecule is COc1ccc(C2(CCC(=O)O)COC2)cc1Br. The Morgan fingerprint density at radius 3 is 2.72 bits per heavy atom. The number of hydrogen-bond donors (Lipinski definition) is 1. The van der Waals surface area contributed by atoms with Crippen molar-refractivity contribution in [2.24, 2.45) is 0 Å². The molecule has 1 aliphatic heterocycles. The molecule has 0 bridgehead atoms. The number of carboxylic acid groups (broad SMARTS) is 1. The van der Waals surface area contributed by atoms with Gasteiger partial charge in [-0.1, -0.05) is 6.07 Å². The van der Waals surface area contributed by atoms with Gasteiger partial charge in [-0.2, -0.15) is 0 Å². The van der Waals surface area contributed by atoms with E-state index in [1.54, 1.807) is 7.11 Å². The van der Waals surface area contributed by atoms with Gasteiger partial charge in [-0.15, -0.1) is 0 Å². The molecule has 1 aromatic rings. The minimum atomic E-state index is -0.770. The molecule has 0 saturated carbocycles. The van der Waals surface area contributed by atoms with Crippen LogP contribution in [-0.2, 0) is 14.9 Å². The fraction of sp³-hybridized carbons (Fsp3) is 0.462. The molecule has 1 saturated heterocycles. The topological polar surface area (TPSA) is 55.8 Å². The lowest BCUT2D eigenvalue weighted by atomic mass is 9.75. The van der Waals surface area contributed by atoms with Gasteiger partial charge in [0, 0.05) is 11.8 Å². The Morgan fingerprint density at radius 1 is 1.56 bits per heavy atom. The third kappa shape index (κ3) is 2.52. The van der Waals surface area contributed by atoms with Crippen molar-refractivity contribution in [3.8, 4) is 5.75 Å². The molecule has 0 aliphatic carbocycles. The van der Waals surface area contributed by atoms with E-state index in [0.29, 0.717) is 19.6 Å². The maximum Gasteiger partial charge on any atom is 0.303 e. The molecule has 5 heteroatoms. The molecule has 0 radical (unpaired) electrons. The van der Waals surface area contributed by atoms with Gasteiger partial charge in [-0.05, 0) is 40.0 Å². The van der Waals surface area contributed by atoms with Gasteiger partial charge in [-0.25, -0.2) is 0 Å².